The fourth-order valence-corrected chi connectivity index (χ4v) is 2.15. The van der Waals surface area contributed by atoms with Crippen molar-refractivity contribution in [3.05, 3.63) is 0 Å². The number of carbonyl (C=O) groups excluding carboxylic acids is 1. The van der Waals surface area contributed by atoms with Crippen LogP contribution in [-0.4, -0.2) is 85.2 Å². The number of quaternary nitrogens is 2. The van der Waals surface area contributed by atoms with Crippen molar-refractivity contribution >= 4 is 16.1 Å². The summed E-state index contributed by atoms with van der Waals surface area (Å²) in [7, 11) is -0.271. The maximum absolute atomic E-state index is 9.92. The summed E-state index contributed by atoms with van der Waals surface area (Å²) in [5.74, 6) is -0.920. The molecule has 2 atom stereocenters. The van der Waals surface area contributed by atoms with Crippen LogP contribution in [0.2, 0.25) is 0 Å². The molecule has 0 saturated heterocycles. The summed E-state index contributed by atoms with van der Waals surface area (Å²) in [6, 6.07) is 0. The number of hydrogen-bond acceptors (Lipinski definition) is 7. The van der Waals surface area contributed by atoms with Crippen LogP contribution in [0.5, 0.6) is 0 Å². The molecule has 0 bridgehead atoms. The Balaban J connectivity index is -0.000000161. The highest BCUT2D eigenvalue weighted by Crippen LogP contribution is 2.03. The van der Waals surface area contributed by atoms with Gasteiger partial charge < -0.3 is 14.5 Å². The fraction of sp³-hybridized carbons (Fsp3) is 0.952. The van der Waals surface area contributed by atoms with Gasteiger partial charge in [0, 0.05) is 12.2 Å². The molecule has 2 unspecified atom stereocenters. The third-order valence-electron chi connectivity index (χ3n) is 4.26. The number of aliphatic carboxylic acids is 1. The summed E-state index contributed by atoms with van der Waals surface area (Å²) in [5, 5.41) is 28.4. The van der Waals surface area contributed by atoms with Crippen LogP contribution in [0.3, 0.4) is 0 Å². The largest absolute Gasteiger partial charge is 0.748 e. The van der Waals surface area contributed by atoms with Crippen molar-refractivity contribution in [1.29, 1.82) is 0 Å². The minimum absolute atomic E-state index is 0.163. The number of carboxylic acid groups (broad SMARTS) is 1. The fourth-order valence-electron chi connectivity index (χ4n) is 2.15. The molecule has 0 aliphatic carbocycles. The monoisotopic (exact) mass is 474 g/mol. The van der Waals surface area contributed by atoms with E-state index in [0.717, 1.165) is 58.3 Å². The van der Waals surface area contributed by atoms with E-state index < -0.39 is 16.1 Å². The van der Waals surface area contributed by atoms with Crippen LogP contribution in [0, 0.1) is 0 Å². The van der Waals surface area contributed by atoms with Crippen molar-refractivity contribution in [1.82, 2.24) is 0 Å². The Morgan fingerprint density at radius 3 is 1.29 bits per heavy atom. The van der Waals surface area contributed by atoms with Gasteiger partial charge in [0.05, 0.1) is 24.2 Å². The van der Waals surface area contributed by atoms with Gasteiger partial charge in [-0.3, -0.25) is 0 Å². The van der Waals surface area contributed by atoms with Crippen LogP contribution in [0.25, 0.3) is 0 Å². The van der Waals surface area contributed by atoms with E-state index in [9.17, 15) is 20.3 Å². The lowest BCUT2D eigenvalue weighted by molar-refractivity contribution is -1.09. The van der Waals surface area contributed by atoms with Crippen LogP contribution in [0.1, 0.15) is 86.0 Å². The second-order valence-corrected chi connectivity index (χ2v) is 9.41. The Hall–Kier alpha value is -0.780. The van der Waals surface area contributed by atoms with Gasteiger partial charge in [-0.25, -0.2) is 18.8 Å². The first kappa shape index (κ1) is 37.5. The molecule has 0 aromatic rings. The van der Waals surface area contributed by atoms with Crippen LogP contribution in [-0.2, 0) is 14.9 Å². The smallest absolute Gasteiger partial charge is 0.108 e. The van der Waals surface area contributed by atoms with Gasteiger partial charge in [-0.1, -0.05) is 46.5 Å². The Morgan fingerprint density at radius 1 is 0.774 bits per heavy atom. The average molecular weight is 475 g/mol. The van der Waals surface area contributed by atoms with Crippen molar-refractivity contribution in [3.63, 3.8) is 0 Å². The Labute approximate surface area is 191 Å². The summed E-state index contributed by atoms with van der Waals surface area (Å²) in [4.78, 5) is 9.92. The zero-order chi connectivity index (χ0) is 25.6. The molecule has 0 radical (unpaired) electrons. The van der Waals surface area contributed by atoms with Gasteiger partial charge in [0.2, 0.25) is 0 Å². The lowest BCUT2D eigenvalue weighted by Crippen LogP contribution is -2.40. The number of nitrogens with zero attached hydrogens (tertiary/aromatic N) is 2. The van der Waals surface area contributed by atoms with Gasteiger partial charge in [-0.2, -0.15) is 9.29 Å². The molecule has 0 aromatic heterocycles. The Bertz CT molecular complexity index is 470. The standard InChI is InChI=1S/C8H16O2.2C6H16NO.CH4O3S/c1-2-3-4-5-6-7-8(9)10;2*1-4-6-7(3,8)5-2;1-5(2,3)4/h2-7H2,1H3,(H,9,10);2*8H,4-6H2,1-3H3;1H3,(H,2,3,4)/q;2*+1;/p-2. The van der Waals surface area contributed by atoms with Gasteiger partial charge in [-0.15, -0.1) is 0 Å². The second kappa shape index (κ2) is 22.4. The average Bonchev–Trinajstić information content (AvgIpc) is 2.61. The van der Waals surface area contributed by atoms with E-state index in [0.29, 0.717) is 6.26 Å². The maximum Gasteiger partial charge on any atom is 0.108 e. The SMILES string of the molecule is CCCCCCCC(=O)[O-].CCC[N+](C)(O)CC.CCC[N+](C)(O)CC.CS(=O)(=O)[O-]. The molecule has 0 rings (SSSR count). The van der Waals surface area contributed by atoms with Crippen LogP contribution in [0.15, 0.2) is 0 Å². The third-order valence-corrected chi connectivity index (χ3v) is 4.26. The first-order valence-corrected chi connectivity index (χ1v) is 13.1. The molecule has 0 amide bonds. The van der Waals surface area contributed by atoms with Crippen molar-refractivity contribution in [3.8, 4) is 0 Å². The molecule has 0 heterocycles. The number of rotatable bonds is 12. The summed E-state index contributed by atoms with van der Waals surface area (Å²) in [5.41, 5.74) is 0. The van der Waals surface area contributed by atoms with E-state index >= 15 is 0 Å². The predicted octanol–water partition coefficient (Wildman–Crippen LogP) is 2.76. The van der Waals surface area contributed by atoms with Crippen LogP contribution in [0.4, 0.5) is 0 Å². The minimum Gasteiger partial charge on any atom is -0.748 e. The third kappa shape index (κ3) is 53.0. The second-order valence-electron chi connectivity index (χ2n) is 8.00. The normalized spacial score (nSPS) is 14.3. The highest BCUT2D eigenvalue weighted by atomic mass is 32.2. The first-order chi connectivity index (χ1) is 14.0. The summed E-state index contributed by atoms with van der Waals surface area (Å²) < 4.78 is 27.6. The molecule has 0 saturated carbocycles. The molecule has 31 heavy (non-hydrogen) atoms. The van der Waals surface area contributed by atoms with Gasteiger partial charge in [0.1, 0.15) is 26.2 Å². The van der Waals surface area contributed by atoms with Gasteiger partial charge in [0.25, 0.3) is 0 Å². The number of carbonyl (C=O) groups is 1. The molecular weight excluding hydrogens is 424 g/mol. The highest BCUT2D eigenvalue weighted by molar-refractivity contribution is 7.84. The quantitative estimate of drug-likeness (QED) is 0.192. The Morgan fingerprint density at radius 2 is 1.10 bits per heavy atom. The molecule has 0 aliphatic heterocycles. The lowest BCUT2D eigenvalue weighted by atomic mass is 10.1. The minimum atomic E-state index is -3.92. The van der Waals surface area contributed by atoms with Gasteiger partial charge >= 0.3 is 0 Å². The van der Waals surface area contributed by atoms with E-state index in [-0.39, 0.29) is 15.7 Å². The first-order valence-electron chi connectivity index (χ1n) is 11.3. The maximum atomic E-state index is 9.92. The lowest BCUT2D eigenvalue weighted by Gasteiger charge is -2.22. The molecule has 0 fully saturated rings. The molecule has 2 N–H and O–H groups in total. The molecule has 0 spiro atoms. The van der Waals surface area contributed by atoms with Crippen molar-refractivity contribution < 1.29 is 42.6 Å². The predicted molar refractivity (Wildman–Crippen MR) is 121 cm³/mol. The molecule has 0 aliphatic rings. The number of carboxylic acids is 1. The Kier molecular flexibility index (Phi) is 27.1. The van der Waals surface area contributed by atoms with Gasteiger partial charge in [0.15, 0.2) is 0 Å². The van der Waals surface area contributed by atoms with E-state index in [1.54, 1.807) is 0 Å². The highest BCUT2D eigenvalue weighted by Gasteiger charge is 2.12. The van der Waals surface area contributed by atoms with E-state index in [4.69, 9.17) is 13.0 Å². The molecule has 192 valence electrons. The summed E-state index contributed by atoms with van der Waals surface area (Å²) >= 11 is 0. The molecule has 0 aromatic carbocycles. The van der Waals surface area contributed by atoms with Crippen LogP contribution < -0.4 is 5.11 Å². The molecule has 9 nitrogen and oxygen atoms in total. The van der Waals surface area contributed by atoms with E-state index in [1.165, 1.54) is 12.8 Å². The molecular formula is C21H50N2O7S. The topological polar surface area (TPSA) is 138 Å². The van der Waals surface area contributed by atoms with Crippen molar-refractivity contribution in [2.45, 2.75) is 86.0 Å². The van der Waals surface area contributed by atoms with Crippen molar-refractivity contribution in [2.24, 2.45) is 0 Å². The van der Waals surface area contributed by atoms with Crippen molar-refractivity contribution in [2.75, 3.05) is 46.5 Å². The van der Waals surface area contributed by atoms with E-state index in [1.807, 2.05) is 27.9 Å². The van der Waals surface area contributed by atoms with Crippen LogP contribution >= 0.6 is 0 Å². The zero-order valence-corrected chi connectivity index (χ0v) is 22.0. The zero-order valence-electron chi connectivity index (χ0n) is 21.2. The molecule has 10 heteroatoms. The summed E-state index contributed by atoms with van der Waals surface area (Å²) in [6.45, 7) is 13.6. The number of unbranched alkanes of at least 4 members (excludes halogenated alkanes) is 4. The summed E-state index contributed by atoms with van der Waals surface area (Å²) in [6.07, 6.45) is 8.30. The number of hydrogen-bond donors (Lipinski definition) is 2. The van der Waals surface area contributed by atoms with E-state index in [2.05, 4.69) is 20.8 Å². The van der Waals surface area contributed by atoms with Gasteiger partial charge in [-0.05, 0) is 39.5 Å². The number of hydroxylamine groups is 6.